The summed E-state index contributed by atoms with van der Waals surface area (Å²) in [7, 11) is 0. The van der Waals surface area contributed by atoms with E-state index >= 15 is 0 Å². The quantitative estimate of drug-likeness (QED) is 0.229. The number of alkyl halides is 1. The summed E-state index contributed by atoms with van der Waals surface area (Å²) in [5, 5.41) is 67.5. The van der Waals surface area contributed by atoms with E-state index in [9.17, 15) is 25.5 Å². The largest absolute Gasteiger partial charge is 0.394 e. The molecule has 2 aliphatic rings. The van der Waals surface area contributed by atoms with Gasteiger partial charge >= 0.3 is 0 Å². The van der Waals surface area contributed by atoms with Gasteiger partial charge in [-0.2, -0.15) is 0 Å². The van der Waals surface area contributed by atoms with Crippen molar-refractivity contribution in [1.29, 1.82) is 0 Å². The van der Waals surface area contributed by atoms with Gasteiger partial charge in [0.05, 0.1) is 18.0 Å². The normalized spacial score (nSPS) is 51.7. The fourth-order valence-corrected chi connectivity index (χ4v) is 3.10. The van der Waals surface area contributed by atoms with Gasteiger partial charge in [0.1, 0.15) is 42.7 Å². The topological polar surface area (TPSA) is 169 Å². The van der Waals surface area contributed by atoms with Gasteiger partial charge in [-0.15, -0.1) is 0 Å². The number of rotatable bonds is 4. The van der Waals surface area contributed by atoms with Crippen LogP contribution in [0, 0.1) is 0 Å². The molecule has 10 atom stereocenters. The van der Waals surface area contributed by atoms with E-state index in [1.807, 2.05) is 0 Å². The molecule has 2 saturated heterocycles. The van der Waals surface area contributed by atoms with Crippen LogP contribution in [0.2, 0.25) is 0 Å². The van der Waals surface area contributed by atoms with Crippen LogP contribution in [0.1, 0.15) is 0 Å². The van der Waals surface area contributed by atoms with Crippen molar-refractivity contribution >= 4 is 15.9 Å². The summed E-state index contributed by atoms with van der Waals surface area (Å²) in [6, 6.07) is 0. The van der Waals surface area contributed by atoms with Crippen molar-refractivity contribution in [3.63, 3.8) is 0 Å². The Labute approximate surface area is 140 Å². The van der Waals surface area contributed by atoms with E-state index in [-0.39, 0.29) is 0 Å². The Morgan fingerprint density at radius 1 is 0.783 bits per heavy atom. The average molecular weight is 405 g/mol. The lowest BCUT2D eigenvalue weighted by Crippen LogP contribution is -2.63. The van der Waals surface area contributed by atoms with E-state index in [1.54, 1.807) is 0 Å². The molecule has 5 unspecified atom stereocenters. The highest BCUT2D eigenvalue weighted by atomic mass is 79.9. The highest BCUT2D eigenvalue weighted by molar-refractivity contribution is 9.09. The van der Waals surface area contributed by atoms with E-state index in [1.165, 1.54) is 0 Å². The van der Waals surface area contributed by atoms with Crippen molar-refractivity contribution in [2.24, 2.45) is 0 Å². The molecule has 0 radical (unpaired) electrons. The van der Waals surface area contributed by atoms with Crippen LogP contribution in [0.4, 0.5) is 0 Å². The average Bonchev–Trinajstić information content (AvgIpc) is 2.54. The van der Waals surface area contributed by atoms with E-state index in [4.69, 9.17) is 24.4 Å². The Bertz CT molecular complexity index is 385. The summed E-state index contributed by atoms with van der Waals surface area (Å²) in [6.45, 7) is -1.20. The Morgan fingerprint density at radius 2 is 1.35 bits per heavy atom. The highest BCUT2D eigenvalue weighted by Crippen LogP contribution is 2.31. The van der Waals surface area contributed by atoms with Crippen molar-refractivity contribution in [3.05, 3.63) is 0 Å². The summed E-state index contributed by atoms with van der Waals surface area (Å²) in [6.07, 6.45) is -12.5. The van der Waals surface area contributed by atoms with Gasteiger partial charge in [-0.3, -0.25) is 0 Å². The SMILES string of the molecule is OCC1O[C@@H](O)[C@@H](Br)C(OC2OC(CO)[C@H](O)C(O)[C@@H]2O)[C@@H]1O. The summed E-state index contributed by atoms with van der Waals surface area (Å²) < 4.78 is 15.6. The lowest BCUT2D eigenvalue weighted by atomic mass is 9.98. The molecule has 0 amide bonds. The molecule has 2 fully saturated rings. The molecule has 2 heterocycles. The van der Waals surface area contributed by atoms with Crippen LogP contribution in [0.3, 0.4) is 0 Å². The zero-order valence-corrected chi connectivity index (χ0v) is 13.5. The minimum Gasteiger partial charge on any atom is -0.394 e. The molecule has 0 aromatic rings. The second-order valence-electron chi connectivity index (χ2n) is 5.48. The minimum absolute atomic E-state index is 0.577. The monoisotopic (exact) mass is 404 g/mol. The lowest BCUT2D eigenvalue weighted by molar-refractivity contribution is -0.334. The number of hydrogen-bond acceptors (Lipinski definition) is 10. The number of halogens is 1. The highest BCUT2D eigenvalue weighted by Gasteiger charge is 2.49. The van der Waals surface area contributed by atoms with Crippen molar-refractivity contribution in [2.75, 3.05) is 13.2 Å². The predicted molar refractivity (Wildman–Crippen MR) is 75.3 cm³/mol. The number of ether oxygens (including phenoxy) is 3. The van der Waals surface area contributed by atoms with Crippen LogP contribution in [0.15, 0.2) is 0 Å². The molecule has 11 heteroatoms. The minimum atomic E-state index is -1.65. The molecule has 2 aliphatic heterocycles. The van der Waals surface area contributed by atoms with E-state index in [0.29, 0.717) is 0 Å². The van der Waals surface area contributed by atoms with Crippen molar-refractivity contribution < 1.29 is 50.0 Å². The third-order valence-corrected chi connectivity index (χ3v) is 4.91. The summed E-state index contributed by atoms with van der Waals surface area (Å²) >= 11 is 3.08. The number of aliphatic hydroxyl groups excluding tert-OH is 7. The van der Waals surface area contributed by atoms with E-state index in [0.717, 1.165) is 0 Å². The fraction of sp³-hybridized carbons (Fsp3) is 1.00. The predicted octanol–water partition coefficient (Wildman–Crippen LogP) is -3.99. The van der Waals surface area contributed by atoms with E-state index in [2.05, 4.69) is 15.9 Å². The maximum absolute atomic E-state index is 10.1. The molecule has 0 aliphatic carbocycles. The van der Waals surface area contributed by atoms with Gasteiger partial charge in [0.25, 0.3) is 0 Å². The first-order valence-electron chi connectivity index (χ1n) is 7.04. The number of hydrogen-bond donors (Lipinski definition) is 7. The third kappa shape index (κ3) is 3.85. The van der Waals surface area contributed by atoms with Crippen LogP contribution in [0.5, 0.6) is 0 Å². The molecule has 23 heavy (non-hydrogen) atoms. The zero-order chi connectivity index (χ0) is 17.3. The first kappa shape index (κ1) is 19.4. The molecule has 7 N–H and O–H groups in total. The second-order valence-corrected chi connectivity index (χ2v) is 6.54. The molecular formula is C12H21BrO10. The van der Waals surface area contributed by atoms with E-state index < -0.39 is 73.3 Å². The maximum Gasteiger partial charge on any atom is 0.187 e. The lowest BCUT2D eigenvalue weighted by Gasteiger charge is -2.45. The second kappa shape index (κ2) is 7.97. The summed E-state index contributed by atoms with van der Waals surface area (Å²) in [5.41, 5.74) is 0. The first-order valence-corrected chi connectivity index (χ1v) is 7.95. The smallest absolute Gasteiger partial charge is 0.187 e. The standard InChI is InChI=1S/C12H21BrO10/c13-5-10(7(17)4(2-15)21-11(5)20)23-12-9(19)8(18)6(16)3(1-14)22-12/h3-12,14-20H,1-2H2/t3?,4?,5-,6-,7+,8?,9-,10?,11+,12?/m0/s1. The Kier molecular flexibility index (Phi) is 6.73. The third-order valence-electron chi connectivity index (χ3n) is 3.94. The molecule has 0 bridgehead atoms. The van der Waals surface area contributed by atoms with Crippen molar-refractivity contribution in [1.82, 2.24) is 0 Å². The Balaban J connectivity index is 2.11. The molecule has 0 aromatic heterocycles. The Morgan fingerprint density at radius 3 is 1.91 bits per heavy atom. The van der Waals surface area contributed by atoms with Crippen LogP contribution < -0.4 is 0 Å². The molecule has 2 rings (SSSR count). The van der Waals surface area contributed by atoms with Crippen LogP contribution in [0.25, 0.3) is 0 Å². The van der Waals surface area contributed by atoms with Gasteiger partial charge in [0, 0.05) is 0 Å². The van der Waals surface area contributed by atoms with Gasteiger partial charge in [-0.25, -0.2) is 0 Å². The molecule has 0 aromatic carbocycles. The maximum atomic E-state index is 10.1. The van der Waals surface area contributed by atoms with Crippen LogP contribution in [-0.2, 0) is 14.2 Å². The fourth-order valence-electron chi connectivity index (χ4n) is 2.54. The van der Waals surface area contributed by atoms with Gasteiger partial charge in [-0.05, 0) is 0 Å². The zero-order valence-electron chi connectivity index (χ0n) is 11.9. The summed E-state index contributed by atoms with van der Waals surface area (Å²) in [5.74, 6) is 0. The van der Waals surface area contributed by atoms with Gasteiger partial charge in [0.2, 0.25) is 0 Å². The van der Waals surface area contributed by atoms with Crippen LogP contribution >= 0.6 is 15.9 Å². The molecular weight excluding hydrogens is 384 g/mol. The Hall–Kier alpha value is 0.0800. The molecule has 10 nitrogen and oxygen atoms in total. The van der Waals surface area contributed by atoms with Crippen molar-refractivity contribution in [3.8, 4) is 0 Å². The van der Waals surface area contributed by atoms with Gasteiger partial charge < -0.3 is 50.0 Å². The number of aliphatic hydroxyl groups is 7. The van der Waals surface area contributed by atoms with Gasteiger partial charge in [0.15, 0.2) is 12.6 Å². The molecule has 0 spiro atoms. The first-order chi connectivity index (χ1) is 10.8. The molecule has 136 valence electrons. The van der Waals surface area contributed by atoms with Crippen molar-refractivity contribution in [2.45, 2.75) is 60.1 Å². The summed E-state index contributed by atoms with van der Waals surface area (Å²) in [4.78, 5) is -0.910. The van der Waals surface area contributed by atoms with Gasteiger partial charge in [-0.1, -0.05) is 15.9 Å². The molecule has 0 saturated carbocycles. The van der Waals surface area contributed by atoms with Crippen LogP contribution in [-0.4, -0.2) is 109 Å².